The first kappa shape index (κ1) is 19.5. The Kier molecular flexibility index (Phi) is 5.11. The largest absolute Gasteiger partial charge is 0.497 e. The number of rotatable bonds is 4. The average Bonchev–Trinajstić information content (AvgIpc) is 3.02. The van der Waals surface area contributed by atoms with Gasteiger partial charge < -0.3 is 9.47 Å². The minimum atomic E-state index is -0.544. The maximum Gasteiger partial charge on any atom is 0.340 e. The van der Waals surface area contributed by atoms with Crippen LogP contribution in [0.5, 0.6) is 5.75 Å². The van der Waals surface area contributed by atoms with Gasteiger partial charge in [0.1, 0.15) is 5.75 Å². The molecule has 0 fully saturated rings. The van der Waals surface area contributed by atoms with E-state index in [1.165, 1.54) is 7.11 Å². The van der Waals surface area contributed by atoms with E-state index in [0.29, 0.717) is 17.0 Å². The maximum absolute atomic E-state index is 13.5. The van der Waals surface area contributed by atoms with E-state index < -0.39 is 5.97 Å². The van der Waals surface area contributed by atoms with Crippen molar-refractivity contribution in [1.82, 2.24) is 0 Å². The Hall–Kier alpha value is -3.86. The highest BCUT2D eigenvalue weighted by molar-refractivity contribution is 6.25. The second-order valence-electron chi connectivity index (χ2n) is 6.93. The third-order valence-electron chi connectivity index (χ3n) is 5.20. The van der Waals surface area contributed by atoms with Gasteiger partial charge in [-0.1, -0.05) is 48.5 Å². The standard InChI is InChI=1S/C25H21NO4/c1-16-23(25(28)30-3)21(15-17-8-6-11-19(14-17)29-2)24(27)26(16)22-13-7-10-18-9-4-5-12-20(18)22/h4-15H,1-3H3/b21-15-. The summed E-state index contributed by atoms with van der Waals surface area (Å²) in [5.41, 5.74) is 2.58. The van der Waals surface area contributed by atoms with Gasteiger partial charge in [-0.2, -0.15) is 0 Å². The number of allylic oxidation sites excluding steroid dienone is 1. The summed E-state index contributed by atoms with van der Waals surface area (Å²) >= 11 is 0. The number of carbonyl (C=O) groups excluding carboxylic acids is 2. The van der Waals surface area contributed by atoms with Crippen LogP contribution in [0.1, 0.15) is 12.5 Å². The van der Waals surface area contributed by atoms with Crippen LogP contribution in [0, 0.1) is 0 Å². The van der Waals surface area contributed by atoms with Gasteiger partial charge in [0.05, 0.1) is 31.1 Å². The number of hydrogen-bond donors (Lipinski definition) is 0. The molecule has 0 saturated heterocycles. The number of amides is 1. The Labute approximate surface area is 174 Å². The molecule has 4 rings (SSSR count). The second kappa shape index (κ2) is 7.87. The van der Waals surface area contributed by atoms with Crippen molar-refractivity contribution in [3.05, 3.63) is 89.1 Å². The highest BCUT2D eigenvalue weighted by Crippen LogP contribution is 2.38. The summed E-state index contributed by atoms with van der Waals surface area (Å²) in [5, 5.41) is 1.94. The summed E-state index contributed by atoms with van der Waals surface area (Å²) in [5.74, 6) is -0.147. The van der Waals surface area contributed by atoms with Crippen molar-refractivity contribution >= 4 is 34.4 Å². The predicted molar refractivity (Wildman–Crippen MR) is 117 cm³/mol. The number of esters is 1. The lowest BCUT2D eigenvalue weighted by Crippen LogP contribution is -2.24. The van der Waals surface area contributed by atoms with Gasteiger partial charge in [-0.25, -0.2) is 4.79 Å². The highest BCUT2D eigenvalue weighted by Gasteiger charge is 2.38. The van der Waals surface area contributed by atoms with E-state index in [-0.39, 0.29) is 11.5 Å². The molecule has 0 spiro atoms. The lowest BCUT2D eigenvalue weighted by molar-refractivity contribution is -0.136. The summed E-state index contributed by atoms with van der Waals surface area (Å²) in [4.78, 5) is 27.7. The molecule has 5 nitrogen and oxygen atoms in total. The van der Waals surface area contributed by atoms with Gasteiger partial charge in [0, 0.05) is 11.1 Å². The van der Waals surface area contributed by atoms with Gasteiger partial charge in [-0.15, -0.1) is 0 Å². The number of benzene rings is 3. The first-order valence-electron chi connectivity index (χ1n) is 9.52. The highest BCUT2D eigenvalue weighted by atomic mass is 16.5. The maximum atomic E-state index is 13.5. The van der Waals surface area contributed by atoms with Crippen molar-refractivity contribution in [3.8, 4) is 5.75 Å². The van der Waals surface area contributed by atoms with Crippen LogP contribution in [0.15, 0.2) is 83.6 Å². The Morgan fingerprint density at radius 1 is 0.967 bits per heavy atom. The van der Waals surface area contributed by atoms with E-state index in [1.54, 1.807) is 25.0 Å². The van der Waals surface area contributed by atoms with Crippen molar-refractivity contribution in [3.63, 3.8) is 0 Å². The summed E-state index contributed by atoms with van der Waals surface area (Å²) in [6.07, 6.45) is 1.70. The van der Waals surface area contributed by atoms with Crippen molar-refractivity contribution in [2.24, 2.45) is 0 Å². The smallest absolute Gasteiger partial charge is 0.340 e. The zero-order valence-corrected chi connectivity index (χ0v) is 17.0. The molecule has 0 N–H and O–H groups in total. The molecule has 0 saturated carbocycles. The quantitative estimate of drug-likeness (QED) is 0.470. The molecular weight excluding hydrogens is 378 g/mol. The second-order valence-corrected chi connectivity index (χ2v) is 6.93. The van der Waals surface area contributed by atoms with Crippen molar-refractivity contribution < 1.29 is 19.1 Å². The molecule has 0 bridgehead atoms. The molecule has 0 aliphatic carbocycles. The molecule has 3 aromatic carbocycles. The van der Waals surface area contributed by atoms with Gasteiger partial charge in [0.15, 0.2) is 0 Å². The summed E-state index contributed by atoms with van der Waals surface area (Å²) < 4.78 is 10.3. The van der Waals surface area contributed by atoms with Crippen LogP contribution in [0.3, 0.4) is 0 Å². The summed E-state index contributed by atoms with van der Waals surface area (Å²) in [7, 11) is 2.90. The molecule has 150 valence electrons. The summed E-state index contributed by atoms with van der Waals surface area (Å²) in [6, 6.07) is 20.9. The van der Waals surface area contributed by atoms with E-state index in [9.17, 15) is 9.59 Å². The van der Waals surface area contributed by atoms with Crippen LogP contribution in [-0.2, 0) is 14.3 Å². The van der Waals surface area contributed by atoms with Gasteiger partial charge in [-0.05, 0) is 42.1 Å². The van der Waals surface area contributed by atoms with E-state index >= 15 is 0 Å². The van der Waals surface area contributed by atoms with Crippen LogP contribution < -0.4 is 9.64 Å². The van der Waals surface area contributed by atoms with Gasteiger partial charge in [0.2, 0.25) is 0 Å². The number of fused-ring (bicyclic) bond motifs is 1. The van der Waals surface area contributed by atoms with Gasteiger partial charge in [0.25, 0.3) is 5.91 Å². The van der Waals surface area contributed by atoms with Gasteiger partial charge in [-0.3, -0.25) is 9.69 Å². The molecule has 30 heavy (non-hydrogen) atoms. The Bertz CT molecular complexity index is 1220. The average molecular weight is 399 g/mol. The molecule has 0 atom stereocenters. The van der Waals surface area contributed by atoms with E-state index in [4.69, 9.17) is 9.47 Å². The Balaban J connectivity index is 1.90. The minimum absolute atomic E-state index is 0.262. The normalized spacial score (nSPS) is 15.2. The molecule has 3 aromatic rings. The van der Waals surface area contributed by atoms with Crippen LogP contribution >= 0.6 is 0 Å². The van der Waals surface area contributed by atoms with E-state index in [0.717, 1.165) is 22.0 Å². The molecule has 1 amide bonds. The van der Waals surface area contributed by atoms with Crippen LogP contribution in [-0.4, -0.2) is 26.1 Å². The van der Waals surface area contributed by atoms with Crippen LogP contribution in [0.4, 0.5) is 5.69 Å². The van der Waals surface area contributed by atoms with E-state index in [2.05, 4.69) is 0 Å². The number of anilines is 1. The first-order chi connectivity index (χ1) is 14.5. The zero-order chi connectivity index (χ0) is 21.3. The fourth-order valence-corrected chi connectivity index (χ4v) is 3.77. The number of nitrogens with zero attached hydrogens (tertiary/aromatic N) is 1. The molecular formula is C25H21NO4. The molecule has 5 heteroatoms. The number of methoxy groups -OCH3 is 2. The summed E-state index contributed by atoms with van der Waals surface area (Å²) in [6.45, 7) is 1.76. The first-order valence-corrected chi connectivity index (χ1v) is 9.52. The minimum Gasteiger partial charge on any atom is -0.497 e. The molecule has 0 aromatic heterocycles. The van der Waals surface area contributed by atoms with Gasteiger partial charge >= 0.3 is 5.97 Å². The van der Waals surface area contributed by atoms with Crippen molar-refractivity contribution in [2.45, 2.75) is 6.92 Å². The topological polar surface area (TPSA) is 55.8 Å². The van der Waals surface area contributed by atoms with Crippen molar-refractivity contribution in [2.75, 3.05) is 19.1 Å². The predicted octanol–water partition coefficient (Wildman–Crippen LogP) is 4.73. The van der Waals surface area contributed by atoms with Crippen molar-refractivity contribution in [1.29, 1.82) is 0 Å². The van der Waals surface area contributed by atoms with Crippen LogP contribution in [0.2, 0.25) is 0 Å². The zero-order valence-electron chi connectivity index (χ0n) is 17.0. The number of carbonyl (C=O) groups is 2. The molecule has 0 unspecified atom stereocenters. The third kappa shape index (κ3) is 3.24. The lowest BCUT2D eigenvalue weighted by atomic mass is 10.0. The Morgan fingerprint density at radius 2 is 1.70 bits per heavy atom. The van der Waals surface area contributed by atoms with Crippen LogP contribution in [0.25, 0.3) is 16.8 Å². The number of hydrogen-bond acceptors (Lipinski definition) is 4. The molecule has 1 aliphatic rings. The Morgan fingerprint density at radius 3 is 2.47 bits per heavy atom. The number of ether oxygens (including phenoxy) is 2. The molecule has 1 aliphatic heterocycles. The molecule has 0 radical (unpaired) electrons. The SMILES string of the molecule is COC(=O)C1=C(C)N(c2cccc3ccccc23)C(=O)/C1=C\c1cccc(OC)c1. The van der Waals surface area contributed by atoms with E-state index in [1.807, 2.05) is 66.7 Å². The fraction of sp³-hybridized carbons (Fsp3) is 0.120. The monoisotopic (exact) mass is 399 g/mol. The third-order valence-corrected chi connectivity index (χ3v) is 5.20. The molecule has 1 heterocycles. The lowest BCUT2D eigenvalue weighted by Gasteiger charge is -2.20. The fourth-order valence-electron chi connectivity index (χ4n) is 3.77.